The van der Waals surface area contributed by atoms with Crippen LogP contribution >= 0.6 is 11.6 Å². The van der Waals surface area contributed by atoms with Crippen LogP contribution in [0, 0.1) is 19.8 Å². The summed E-state index contributed by atoms with van der Waals surface area (Å²) in [5, 5.41) is 3.50. The molecule has 3 nitrogen and oxygen atoms in total. The summed E-state index contributed by atoms with van der Waals surface area (Å²) in [6.07, 6.45) is 1.54. The average Bonchev–Trinajstić information content (AvgIpc) is 2.18. The van der Waals surface area contributed by atoms with Gasteiger partial charge in [-0.1, -0.05) is 17.7 Å². The SMILES string of the molecule is Cc1cc(C)c(NC(=O)C2CC(N)C2)c(Cl)c1. The number of aryl methyl sites for hydroxylation is 2. The van der Waals surface area contributed by atoms with Gasteiger partial charge in [0.25, 0.3) is 0 Å². The molecule has 1 aromatic rings. The number of carbonyl (C=O) groups is 1. The Labute approximate surface area is 106 Å². The molecule has 1 aromatic carbocycles. The van der Waals surface area contributed by atoms with Crippen LogP contribution in [0.3, 0.4) is 0 Å². The number of carbonyl (C=O) groups excluding carboxylic acids is 1. The van der Waals surface area contributed by atoms with Gasteiger partial charge in [-0.25, -0.2) is 0 Å². The highest BCUT2D eigenvalue weighted by Crippen LogP contribution is 2.31. The second-order valence-corrected chi connectivity index (χ2v) is 5.26. The molecule has 1 amide bonds. The molecule has 4 heteroatoms. The molecule has 2 rings (SSSR count). The maximum absolute atomic E-state index is 11.9. The first-order valence-electron chi connectivity index (χ1n) is 5.80. The van der Waals surface area contributed by atoms with E-state index in [2.05, 4.69) is 5.32 Å². The molecule has 0 heterocycles. The molecule has 1 saturated carbocycles. The van der Waals surface area contributed by atoms with Crippen LogP contribution in [0.25, 0.3) is 0 Å². The van der Waals surface area contributed by atoms with Crippen molar-refractivity contribution in [2.75, 3.05) is 5.32 Å². The minimum atomic E-state index is 0.0283. The number of nitrogens with two attached hydrogens (primary N) is 1. The number of nitrogens with one attached hydrogen (secondary N) is 1. The molecule has 1 aliphatic rings. The smallest absolute Gasteiger partial charge is 0.227 e. The number of anilines is 1. The molecule has 0 bridgehead atoms. The third-order valence-electron chi connectivity index (χ3n) is 3.23. The molecule has 17 heavy (non-hydrogen) atoms. The van der Waals surface area contributed by atoms with Crippen LogP contribution in [0.1, 0.15) is 24.0 Å². The summed E-state index contributed by atoms with van der Waals surface area (Å²) in [5.74, 6) is 0.0716. The molecule has 0 unspecified atom stereocenters. The monoisotopic (exact) mass is 252 g/mol. The van der Waals surface area contributed by atoms with E-state index in [0.29, 0.717) is 5.02 Å². The average molecular weight is 253 g/mol. The molecule has 0 radical (unpaired) electrons. The summed E-state index contributed by atoms with van der Waals surface area (Å²) in [4.78, 5) is 11.9. The lowest BCUT2D eigenvalue weighted by Crippen LogP contribution is -2.42. The van der Waals surface area contributed by atoms with Crippen molar-refractivity contribution in [1.82, 2.24) is 0 Å². The zero-order valence-electron chi connectivity index (χ0n) is 10.1. The third kappa shape index (κ3) is 2.61. The summed E-state index contributed by atoms with van der Waals surface area (Å²) in [5.41, 5.74) is 8.48. The van der Waals surface area contributed by atoms with E-state index in [4.69, 9.17) is 17.3 Å². The lowest BCUT2D eigenvalue weighted by molar-refractivity contribution is -0.122. The van der Waals surface area contributed by atoms with Gasteiger partial charge in [-0.05, 0) is 43.9 Å². The van der Waals surface area contributed by atoms with Gasteiger partial charge in [0.1, 0.15) is 0 Å². The van der Waals surface area contributed by atoms with Crippen molar-refractivity contribution >= 4 is 23.2 Å². The number of benzene rings is 1. The van der Waals surface area contributed by atoms with E-state index in [1.807, 2.05) is 26.0 Å². The molecule has 1 fully saturated rings. The summed E-state index contributed by atoms with van der Waals surface area (Å²) >= 11 is 6.13. The Hall–Kier alpha value is -1.06. The molecule has 92 valence electrons. The van der Waals surface area contributed by atoms with Crippen molar-refractivity contribution in [3.63, 3.8) is 0 Å². The minimum absolute atomic E-state index is 0.0283. The lowest BCUT2D eigenvalue weighted by Gasteiger charge is -2.31. The Morgan fingerprint density at radius 3 is 2.59 bits per heavy atom. The van der Waals surface area contributed by atoms with Crippen LogP contribution in [0.15, 0.2) is 12.1 Å². The van der Waals surface area contributed by atoms with Gasteiger partial charge in [-0.15, -0.1) is 0 Å². The first-order chi connectivity index (χ1) is 7.97. The van der Waals surface area contributed by atoms with Gasteiger partial charge in [0.2, 0.25) is 5.91 Å². The zero-order valence-corrected chi connectivity index (χ0v) is 10.8. The summed E-state index contributed by atoms with van der Waals surface area (Å²) in [6.45, 7) is 3.93. The molecule has 0 atom stereocenters. The molecular weight excluding hydrogens is 236 g/mol. The van der Waals surface area contributed by atoms with Gasteiger partial charge >= 0.3 is 0 Å². The van der Waals surface area contributed by atoms with E-state index >= 15 is 0 Å². The molecule has 0 aliphatic heterocycles. The van der Waals surface area contributed by atoms with Crippen molar-refractivity contribution in [2.24, 2.45) is 11.7 Å². The minimum Gasteiger partial charge on any atom is -0.328 e. The van der Waals surface area contributed by atoms with E-state index in [1.165, 1.54) is 0 Å². The summed E-state index contributed by atoms with van der Waals surface area (Å²) in [6, 6.07) is 4.05. The predicted octanol–water partition coefficient (Wildman–Crippen LogP) is 2.63. The largest absolute Gasteiger partial charge is 0.328 e. The maximum Gasteiger partial charge on any atom is 0.227 e. The second-order valence-electron chi connectivity index (χ2n) is 4.86. The van der Waals surface area contributed by atoms with Gasteiger partial charge in [-0.2, -0.15) is 0 Å². The summed E-state index contributed by atoms with van der Waals surface area (Å²) in [7, 11) is 0. The van der Waals surface area contributed by atoms with Crippen LogP contribution in [0.4, 0.5) is 5.69 Å². The first kappa shape index (κ1) is 12.4. The predicted molar refractivity (Wildman–Crippen MR) is 70.3 cm³/mol. The molecular formula is C13H17ClN2O. The van der Waals surface area contributed by atoms with E-state index < -0.39 is 0 Å². The van der Waals surface area contributed by atoms with E-state index in [1.54, 1.807) is 0 Å². The fraction of sp³-hybridized carbons (Fsp3) is 0.462. The molecule has 0 aromatic heterocycles. The third-order valence-corrected chi connectivity index (χ3v) is 3.52. The Kier molecular flexibility index (Phi) is 3.40. The van der Waals surface area contributed by atoms with Crippen molar-refractivity contribution in [1.29, 1.82) is 0 Å². The second kappa shape index (κ2) is 4.67. The Balaban J connectivity index is 2.11. The van der Waals surface area contributed by atoms with Gasteiger partial charge < -0.3 is 11.1 Å². The van der Waals surface area contributed by atoms with Crippen molar-refractivity contribution in [2.45, 2.75) is 32.7 Å². The van der Waals surface area contributed by atoms with Gasteiger partial charge in [0.05, 0.1) is 10.7 Å². The Morgan fingerprint density at radius 1 is 1.41 bits per heavy atom. The number of rotatable bonds is 2. The van der Waals surface area contributed by atoms with Crippen LogP contribution < -0.4 is 11.1 Å². The van der Waals surface area contributed by atoms with Crippen LogP contribution in [0.5, 0.6) is 0 Å². The summed E-state index contributed by atoms with van der Waals surface area (Å²) < 4.78 is 0. The van der Waals surface area contributed by atoms with E-state index in [0.717, 1.165) is 29.7 Å². The van der Waals surface area contributed by atoms with Crippen molar-refractivity contribution in [3.05, 3.63) is 28.3 Å². The molecule has 1 aliphatic carbocycles. The van der Waals surface area contributed by atoms with E-state index in [-0.39, 0.29) is 17.9 Å². The van der Waals surface area contributed by atoms with Crippen molar-refractivity contribution < 1.29 is 4.79 Å². The normalized spacial score (nSPS) is 23.1. The molecule has 3 N–H and O–H groups in total. The highest BCUT2D eigenvalue weighted by molar-refractivity contribution is 6.34. The first-order valence-corrected chi connectivity index (χ1v) is 6.18. The highest BCUT2D eigenvalue weighted by atomic mass is 35.5. The Morgan fingerprint density at radius 2 is 2.06 bits per heavy atom. The maximum atomic E-state index is 11.9. The van der Waals surface area contributed by atoms with Crippen LogP contribution in [-0.2, 0) is 4.79 Å². The lowest BCUT2D eigenvalue weighted by atomic mass is 9.80. The molecule has 0 spiro atoms. The fourth-order valence-electron chi connectivity index (χ4n) is 2.18. The van der Waals surface area contributed by atoms with Crippen molar-refractivity contribution in [3.8, 4) is 0 Å². The fourth-order valence-corrected chi connectivity index (χ4v) is 2.54. The number of halogens is 1. The van der Waals surface area contributed by atoms with Gasteiger partial charge in [0.15, 0.2) is 0 Å². The topological polar surface area (TPSA) is 55.1 Å². The van der Waals surface area contributed by atoms with Crippen LogP contribution in [-0.4, -0.2) is 11.9 Å². The highest BCUT2D eigenvalue weighted by Gasteiger charge is 2.32. The standard InChI is InChI=1S/C13H17ClN2O/c1-7-3-8(2)12(11(14)4-7)16-13(17)9-5-10(15)6-9/h3-4,9-10H,5-6,15H2,1-2H3,(H,16,17). The van der Waals surface area contributed by atoms with Crippen LogP contribution in [0.2, 0.25) is 5.02 Å². The van der Waals surface area contributed by atoms with E-state index in [9.17, 15) is 4.79 Å². The quantitative estimate of drug-likeness (QED) is 0.850. The number of hydrogen-bond donors (Lipinski definition) is 2. The van der Waals surface area contributed by atoms with Gasteiger partial charge in [-0.3, -0.25) is 4.79 Å². The Bertz CT molecular complexity index is 430. The zero-order chi connectivity index (χ0) is 12.6. The number of hydrogen-bond acceptors (Lipinski definition) is 2. The van der Waals surface area contributed by atoms with Gasteiger partial charge in [0, 0.05) is 12.0 Å². The number of amides is 1. The molecule has 0 saturated heterocycles.